The maximum absolute atomic E-state index is 6.50. The molecule has 0 aliphatic heterocycles. The second-order valence-electron chi connectivity index (χ2n) is 16.0. The monoisotopic (exact) mass is 806 g/mol. The Morgan fingerprint density at radius 3 is 1.62 bits per heavy atom. The van der Waals surface area contributed by atoms with Gasteiger partial charge in [-0.1, -0.05) is 133 Å². The summed E-state index contributed by atoms with van der Waals surface area (Å²) < 4.78 is 15.0. The zero-order valence-corrected chi connectivity index (χ0v) is 33.7. The standard InChI is InChI=1S/C57H34N4O2/c1-3-12-37(13-4-1)55-58-56(40-28-31-51-46(34-40)43-17-8-10-20-50(43)62-51)60-57(59-55)44-18-11-21-53-54(44)47-33-39(27-30-52(47)63-53)36-24-22-35(23-25-36)38-26-29-49-45(32-38)42-16-7-9-19-48(42)61(49)41-14-5-2-6-15-41/h1-34H. The summed E-state index contributed by atoms with van der Waals surface area (Å²) in [6.45, 7) is 0. The molecule has 0 spiro atoms. The number of hydrogen-bond acceptors (Lipinski definition) is 5. The predicted octanol–water partition coefficient (Wildman–Crippen LogP) is 15.1. The van der Waals surface area contributed by atoms with Crippen molar-refractivity contribution < 1.29 is 8.83 Å². The number of rotatable bonds is 6. The van der Waals surface area contributed by atoms with Gasteiger partial charge < -0.3 is 13.4 Å². The van der Waals surface area contributed by atoms with Gasteiger partial charge in [-0.2, -0.15) is 0 Å². The zero-order valence-electron chi connectivity index (χ0n) is 33.7. The molecule has 0 saturated carbocycles. The van der Waals surface area contributed by atoms with Crippen LogP contribution in [0.15, 0.2) is 215 Å². The van der Waals surface area contributed by atoms with E-state index < -0.39 is 0 Å². The van der Waals surface area contributed by atoms with Gasteiger partial charge in [0.15, 0.2) is 17.5 Å². The molecule has 0 atom stereocenters. The lowest BCUT2D eigenvalue weighted by atomic mass is 9.97. The minimum atomic E-state index is 0.572. The fourth-order valence-electron chi connectivity index (χ4n) is 9.26. The van der Waals surface area contributed by atoms with Crippen LogP contribution in [0.5, 0.6) is 0 Å². The highest BCUT2D eigenvalue weighted by Crippen LogP contribution is 2.40. The maximum atomic E-state index is 6.50. The fraction of sp³-hybridized carbons (Fsp3) is 0. The Balaban J connectivity index is 0.905. The van der Waals surface area contributed by atoms with Gasteiger partial charge in [-0.3, -0.25) is 0 Å². The number of hydrogen-bond donors (Lipinski definition) is 0. The Hall–Kier alpha value is -8.61. The highest BCUT2D eigenvalue weighted by atomic mass is 16.3. The van der Waals surface area contributed by atoms with E-state index in [4.69, 9.17) is 23.8 Å². The quantitative estimate of drug-likeness (QED) is 0.167. The molecule has 0 bridgehead atoms. The summed E-state index contributed by atoms with van der Waals surface area (Å²) in [7, 11) is 0. The van der Waals surface area contributed by atoms with Crippen molar-refractivity contribution in [2.45, 2.75) is 0 Å². The second-order valence-corrected chi connectivity index (χ2v) is 16.0. The van der Waals surface area contributed by atoms with E-state index in [9.17, 15) is 0 Å². The first-order valence-electron chi connectivity index (χ1n) is 21.1. The molecule has 0 aliphatic rings. The number of aromatic nitrogens is 4. The molecular weight excluding hydrogens is 773 g/mol. The average Bonchev–Trinajstić information content (AvgIpc) is 4.03. The van der Waals surface area contributed by atoms with Crippen molar-refractivity contribution in [1.82, 2.24) is 19.5 Å². The molecular formula is C57H34N4O2. The highest BCUT2D eigenvalue weighted by molar-refractivity contribution is 6.13. The van der Waals surface area contributed by atoms with E-state index in [1.165, 1.54) is 27.4 Å². The van der Waals surface area contributed by atoms with Gasteiger partial charge in [-0.25, -0.2) is 15.0 Å². The van der Waals surface area contributed by atoms with Crippen LogP contribution in [0, 0.1) is 0 Å². The molecule has 0 N–H and O–H groups in total. The van der Waals surface area contributed by atoms with Gasteiger partial charge in [0.1, 0.15) is 22.3 Å². The van der Waals surface area contributed by atoms with Crippen molar-refractivity contribution in [3.05, 3.63) is 206 Å². The first-order chi connectivity index (χ1) is 31.2. The van der Waals surface area contributed by atoms with Crippen molar-refractivity contribution in [3.63, 3.8) is 0 Å². The van der Waals surface area contributed by atoms with E-state index in [1.807, 2.05) is 72.8 Å². The first-order valence-corrected chi connectivity index (χ1v) is 21.1. The van der Waals surface area contributed by atoms with Crippen LogP contribution in [0.4, 0.5) is 0 Å². The molecule has 6 nitrogen and oxygen atoms in total. The zero-order chi connectivity index (χ0) is 41.4. The number of nitrogens with zero attached hydrogens (tertiary/aromatic N) is 4. The van der Waals surface area contributed by atoms with Gasteiger partial charge in [0.05, 0.1) is 11.0 Å². The molecule has 0 unspecified atom stereocenters. The van der Waals surface area contributed by atoms with Crippen molar-refractivity contribution in [2.24, 2.45) is 0 Å². The third-order valence-electron chi connectivity index (χ3n) is 12.3. The van der Waals surface area contributed by atoms with E-state index in [0.717, 1.165) is 82.9 Å². The third-order valence-corrected chi connectivity index (χ3v) is 12.3. The molecule has 13 aromatic rings. The molecule has 0 aliphatic carbocycles. The maximum Gasteiger partial charge on any atom is 0.164 e. The molecule has 294 valence electrons. The van der Waals surface area contributed by atoms with Crippen LogP contribution in [0.25, 0.3) is 128 Å². The van der Waals surface area contributed by atoms with E-state index in [0.29, 0.717) is 17.5 Å². The van der Waals surface area contributed by atoms with Gasteiger partial charge in [0.2, 0.25) is 0 Å². The summed E-state index contributed by atoms with van der Waals surface area (Å²) in [5.41, 5.74) is 14.0. The summed E-state index contributed by atoms with van der Waals surface area (Å²) in [5.74, 6) is 1.75. The normalized spacial score (nSPS) is 11.8. The number of furan rings is 2. The largest absolute Gasteiger partial charge is 0.456 e. The smallest absolute Gasteiger partial charge is 0.164 e. The van der Waals surface area contributed by atoms with Gasteiger partial charge >= 0.3 is 0 Å². The minimum Gasteiger partial charge on any atom is -0.456 e. The van der Waals surface area contributed by atoms with Crippen LogP contribution in [0.2, 0.25) is 0 Å². The van der Waals surface area contributed by atoms with Crippen LogP contribution >= 0.6 is 0 Å². The summed E-state index contributed by atoms with van der Waals surface area (Å²) in [4.78, 5) is 15.4. The Labute approximate surface area is 361 Å². The SMILES string of the molecule is c1ccc(-c2nc(-c3ccc4oc5ccccc5c4c3)nc(-c3cccc4oc5ccc(-c6ccc(-c7ccc8c(c7)c7ccccc7n8-c7ccccc7)cc6)cc5c34)n2)cc1. The summed E-state index contributed by atoms with van der Waals surface area (Å²) in [5, 5.41) is 6.50. The van der Waals surface area contributed by atoms with E-state index in [-0.39, 0.29) is 0 Å². The molecule has 0 amide bonds. The Bertz CT molecular complexity index is 3900. The molecule has 63 heavy (non-hydrogen) atoms. The van der Waals surface area contributed by atoms with Crippen LogP contribution in [-0.2, 0) is 0 Å². The fourth-order valence-corrected chi connectivity index (χ4v) is 9.26. The van der Waals surface area contributed by atoms with Gasteiger partial charge in [-0.05, 0) is 95.1 Å². The van der Waals surface area contributed by atoms with Crippen LogP contribution in [0.3, 0.4) is 0 Å². The van der Waals surface area contributed by atoms with Gasteiger partial charge in [0, 0.05) is 54.7 Å². The molecule has 0 fully saturated rings. The summed E-state index contributed by atoms with van der Waals surface area (Å²) in [6, 6.07) is 71.7. The van der Waals surface area contributed by atoms with Crippen molar-refractivity contribution in [2.75, 3.05) is 0 Å². The van der Waals surface area contributed by atoms with Crippen LogP contribution < -0.4 is 0 Å². The van der Waals surface area contributed by atoms with Crippen molar-refractivity contribution >= 4 is 65.7 Å². The minimum absolute atomic E-state index is 0.572. The lowest BCUT2D eigenvalue weighted by Crippen LogP contribution is -2.00. The molecule has 4 heterocycles. The summed E-state index contributed by atoms with van der Waals surface area (Å²) >= 11 is 0. The van der Waals surface area contributed by atoms with Crippen LogP contribution in [0.1, 0.15) is 0 Å². The number of fused-ring (bicyclic) bond motifs is 9. The number of benzene rings is 9. The average molecular weight is 807 g/mol. The molecule has 9 aromatic carbocycles. The Morgan fingerprint density at radius 1 is 0.302 bits per heavy atom. The molecule has 13 rings (SSSR count). The molecule has 4 aromatic heterocycles. The summed E-state index contributed by atoms with van der Waals surface area (Å²) in [6.07, 6.45) is 0. The molecule has 0 saturated heterocycles. The number of para-hydroxylation sites is 3. The van der Waals surface area contributed by atoms with Gasteiger partial charge in [-0.15, -0.1) is 0 Å². The topological polar surface area (TPSA) is 69.9 Å². The molecule has 0 radical (unpaired) electrons. The predicted molar refractivity (Wildman–Crippen MR) is 256 cm³/mol. The highest BCUT2D eigenvalue weighted by Gasteiger charge is 2.20. The first kappa shape index (κ1) is 35.2. The van der Waals surface area contributed by atoms with E-state index in [2.05, 4.69) is 138 Å². The van der Waals surface area contributed by atoms with E-state index in [1.54, 1.807) is 0 Å². The van der Waals surface area contributed by atoms with E-state index >= 15 is 0 Å². The lowest BCUT2D eigenvalue weighted by molar-refractivity contribution is 0.668. The lowest BCUT2D eigenvalue weighted by Gasteiger charge is -2.10. The third kappa shape index (κ3) is 5.76. The van der Waals surface area contributed by atoms with Crippen molar-refractivity contribution in [3.8, 4) is 62.1 Å². The second kappa shape index (κ2) is 14.0. The molecule has 6 heteroatoms. The van der Waals surface area contributed by atoms with Crippen molar-refractivity contribution in [1.29, 1.82) is 0 Å². The Morgan fingerprint density at radius 2 is 0.825 bits per heavy atom. The van der Waals surface area contributed by atoms with Crippen LogP contribution in [-0.4, -0.2) is 19.5 Å². The van der Waals surface area contributed by atoms with Gasteiger partial charge in [0.25, 0.3) is 0 Å². The Kier molecular flexibility index (Phi) is 7.80.